The van der Waals surface area contributed by atoms with Crippen molar-refractivity contribution in [2.24, 2.45) is 0 Å². The van der Waals surface area contributed by atoms with Crippen LogP contribution in [-0.4, -0.2) is 5.11 Å². The number of rotatable bonds is 2. The highest BCUT2D eigenvalue weighted by molar-refractivity contribution is 9.10. The first-order valence-corrected chi connectivity index (χ1v) is 6.64. The van der Waals surface area contributed by atoms with Gasteiger partial charge in [0.05, 0.1) is 10.0 Å². The van der Waals surface area contributed by atoms with E-state index in [1.54, 1.807) is 18.2 Å². The Labute approximate surface area is 123 Å². The molecule has 0 aliphatic rings. The molecule has 0 spiro atoms. The number of hydrogen-bond acceptors (Lipinski definition) is 1. The van der Waals surface area contributed by atoms with Crippen LogP contribution in [0.5, 0.6) is 0 Å². The van der Waals surface area contributed by atoms with Gasteiger partial charge in [-0.1, -0.05) is 29.8 Å². The molecular formula is C14H10BrClF2O. The number of halogens is 4. The van der Waals surface area contributed by atoms with Crippen LogP contribution < -0.4 is 0 Å². The summed E-state index contributed by atoms with van der Waals surface area (Å²) in [4.78, 5) is 0. The maximum atomic E-state index is 14.1. The minimum Gasteiger partial charge on any atom is -0.380 e. The van der Waals surface area contributed by atoms with Crippen LogP contribution in [0, 0.1) is 11.6 Å². The van der Waals surface area contributed by atoms with Gasteiger partial charge in [-0.15, -0.1) is 0 Å². The molecule has 5 heteroatoms. The molecule has 0 fully saturated rings. The van der Waals surface area contributed by atoms with Gasteiger partial charge < -0.3 is 5.11 Å². The summed E-state index contributed by atoms with van der Waals surface area (Å²) < 4.78 is 28.0. The average Bonchev–Trinajstić information content (AvgIpc) is 2.34. The van der Waals surface area contributed by atoms with E-state index in [-0.39, 0.29) is 15.1 Å². The fourth-order valence-corrected chi connectivity index (χ4v) is 2.61. The van der Waals surface area contributed by atoms with Gasteiger partial charge in [0.25, 0.3) is 0 Å². The van der Waals surface area contributed by atoms with E-state index in [1.807, 2.05) is 0 Å². The van der Waals surface area contributed by atoms with Gasteiger partial charge in [-0.25, -0.2) is 8.78 Å². The second-order valence-corrected chi connectivity index (χ2v) is 5.53. The lowest BCUT2D eigenvalue weighted by molar-refractivity contribution is 0.0933. The maximum absolute atomic E-state index is 14.1. The van der Waals surface area contributed by atoms with E-state index < -0.39 is 22.8 Å². The Hall–Kier alpha value is -0.970. The van der Waals surface area contributed by atoms with Gasteiger partial charge in [-0.3, -0.25) is 0 Å². The topological polar surface area (TPSA) is 20.2 Å². The molecule has 1 nitrogen and oxygen atoms in total. The third-order valence-electron chi connectivity index (χ3n) is 2.93. The van der Waals surface area contributed by atoms with Gasteiger partial charge in [0, 0.05) is 10.6 Å². The summed E-state index contributed by atoms with van der Waals surface area (Å²) in [6.07, 6.45) is 0. The molecule has 2 aromatic carbocycles. The number of hydrogen-bond donors (Lipinski definition) is 1. The lowest BCUT2D eigenvalue weighted by atomic mass is 9.87. The molecule has 0 saturated heterocycles. The van der Waals surface area contributed by atoms with Crippen LogP contribution in [0.4, 0.5) is 8.78 Å². The first-order valence-electron chi connectivity index (χ1n) is 5.47. The van der Waals surface area contributed by atoms with Crippen molar-refractivity contribution >= 4 is 27.5 Å². The second kappa shape index (κ2) is 5.19. The molecule has 19 heavy (non-hydrogen) atoms. The van der Waals surface area contributed by atoms with Crippen LogP contribution in [0.3, 0.4) is 0 Å². The van der Waals surface area contributed by atoms with Gasteiger partial charge in [0.2, 0.25) is 0 Å². The highest BCUT2D eigenvalue weighted by Crippen LogP contribution is 2.38. The summed E-state index contributed by atoms with van der Waals surface area (Å²) in [6, 6.07) is 8.74. The van der Waals surface area contributed by atoms with E-state index >= 15 is 0 Å². The normalized spacial score (nSPS) is 14.2. The van der Waals surface area contributed by atoms with Crippen molar-refractivity contribution in [3.05, 3.63) is 68.7 Å². The van der Waals surface area contributed by atoms with Gasteiger partial charge in [-0.05, 0) is 41.1 Å². The summed E-state index contributed by atoms with van der Waals surface area (Å²) >= 11 is 8.96. The monoisotopic (exact) mass is 346 g/mol. The van der Waals surface area contributed by atoms with Crippen molar-refractivity contribution in [1.82, 2.24) is 0 Å². The smallest absolute Gasteiger partial charge is 0.146 e. The molecule has 100 valence electrons. The van der Waals surface area contributed by atoms with Crippen LogP contribution >= 0.6 is 27.5 Å². The minimum absolute atomic E-state index is 0.0798. The van der Waals surface area contributed by atoms with E-state index in [0.717, 1.165) is 6.07 Å². The third-order valence-corrected chi connectivity index (χ3v) is 3.87. The summed E-state index contributed by atoms with van der Waals surface area (Å²) in [5.74, 6) is -1.67. The van der Waals surface area contributed by atoms with Crippen molar-refractivity contribution in [3.8, 4) is 0 Å². The standard InChI is InChI=1S/C14H10BrClF2O/c1-14(19,8-4-2-3-5-10(8)16)12-11(17)7-6-9(15)13(12)18/h2-7,19H,1H3. The van der Waals surface area contributed by atoms with Crippen LogP contribution in [0.1, 0.15) is 18.1 Å². The molecule has 1 N–H and O–H groups in total. The van der Waals surface area contributed by atoms with E-state index in [2.05, 4.69) is 15.9 Å². The van der Waals surface area contributed by atoms with Crippen molar-refractivity contribution in [2.45, 2.75) is 12.5 Å². The summed E-state index contributed by atoms with van der Waals surface area (Å²) in [6.45, 7) is 1.31. The molecule has 0 amide bonds. The van der Waals surface area contributed by atoms with Crippen molar-refractivity contribution in [2.75, 3.05) is 0 Å². The Kier molecular flexibility index (Phi) is 3.95. The number of aliphatic hydroxyl groups is 1. The molecule has 0 bridgehead atoms. The first kappa shape index (κ1) is 14.4. The van der Waals surface area contributed by atoms with Crippen molar-refractivity contribution in [1.29, 1.82) is 0 Å². The van der Waals surface area contributed by atoms with Gasteiger partial charge in [0.15, 0.2) is 0 Å². The predicted molar refractivity (Wildman–Crippen MR) is 74.2 cm³/mol. The largest absolute Gasteiger partial charge is 0.380 e. The summed E-state index contributed by atoms with van der Waals surface area (Å²) in [5.41, 5.74) is -2.06. The third kappa shape index (κ3) is 2.53. The Balaban J connectivity index is 2.70. The Morgan fingerprint density at radius 3 is 2.42 bits per heavy atom. The van der Waals surface area contributed by atoms with Crippen LogP contribution in [0.15, 0.2) is 40.9 Å². The second-order valence-electron chi connectivity index (χ2n) is 4.27. The first-order chi connectivity index (χ1) is 8.85. The molecular weight excluding hydrogens is 338 g/mol. The molecule has 0 aromatic heterocycles. The summed E-state index contributed by atoms with van der Waals surface area (Å²) in [7, 11) is 0. The predicted octanol–water partition coefficient (Wildman–Crippen LogP) is 4.64. The van der Waals surface area contributed by atoms with Crippen molar-refractivity contribution in [3.63, 3.8) is 0 Å². The van der Waals surface area contributed by atoms with Gasteiger partial charge in [-0.2, -0.15) is 0 Å². The molecule has 2 rings (SSSR count). The molecule has 2 aromatic rings. The SMILES string of the molecule is CC(O)(c1ccccc1Cl)c1c(F)ccc(Br)c1F. The lowest BCUT2D eigenvalue weighted by Crippen LogP contribution is -2.26. The van der Waals surface area contributed by atoms with E-state index in [9.17, 15) is 13.9 Å². The van der Waals surface area contributed by atoms with Gasteiger partial charge in [0.1, 0.15) is 17.2 Å². The molecule has 1 atom stereocenters. The molecule has 0 saturated carbocycles. The lowest BCUT2D eigenvalue weighted by Gasteiger charge is -2.26. The maximum Gasteiger partial charge on any atom is 0.146 e. The fraction of sp³-hybridized carbons (Fsp3) is 0.143. The molecule has 0 aliphatic carbocycles. The molecule has 1 unspecified atom stereocenters. The molecule has 0 aliphatic heterocycles. The minimum atomic E-state index is -1.86. The highest BCUT2D eigenvalue weighted by Gasteiger charge is 2.34. The van der Waals surface area contributed by atoms with Crippen molar-refractivity contribution < 1.29 is 13.9 Å². The van der Waals surface area contributed by atoms with E-state index in [0.29, 0.717) is 0 Å². The van der Waals surface area contributed by atoms with E-state index in [1.165, 1.54) is 19.1 Å². The fourth-order valence-electron chi connectivity index (χ4n) is 1.96. The molecule has 0 heterocycles. The average molecular weight is 348 g/mol. The summed E-state index contributed by atoms with van der Waals surface area (Å²) in [5, 5.41) is 10.8. The van der Waals surface area contributed by atoms with E-state index in [4.69, 9.17) is 11.6 Å². The quantitative estimate of drug-likeness (QED) is 0.785. The highest BCUT2D eigenvalue weighted by atomic mass is 79.9. The zero-order valence-corrected chi connectivity index (χ0v) is 12.3. The van der Waals surface area contributed by atoms with Crippen LogP contribution in [0.2, 0.25) is 5.02 Å². The number of benzene rings is 2. The molecule has 0 radical (unpaired) electrons. The van der Waals surface area contributed by atoms with Crippen LogP contribution in [-0.2, 0) is 5.60 Å². The zero-order valence-electron chi connectivity index (χ0n) is 9.92. The Morgan fingerprint density at radius 1 is 1.16 bits per heavy atom. The zero-order chi connectivity index (χ0) is 14.2. The Bertz CT molecular complexity index is 629. The Morgan fingerprint density at radius 2 is 1.79 bits per heavy atom. The van der Waals surface area contributed by atoms with Gasteiger partial charge >= 0.3 is 0 Å². The van der Waals surface area contributed by atoms with Crippen LogP contribution in [0.25, 0.3) is 0 Å².